The van der Waals surface area contributed by atoms with Gasteiger partial charge in [-0.25, -0.2) is 5.10 Å². The summed E-state index contributed by atoms with van der Waals surface area (Å²) in [7, 11) is 0. The Morgan fingerprint density at radius 1 is 1.28 bits per heavy atom. The van der Waals surface area contributed by atoms with Gasteiger partial charge in [-0.15, -0.1) is 0 Å². The Morgan fingerprint density at radius 3 is 2.64 bits per heavy atom. The molecule has 6 heteroatoms. The summed E-state index contributed by atoms with van der Waals surface area (Å²) in [5.41, 5.74) is 4.27. The lowest BCUT2D eigenvalue weighted by Crippen LogP contribution is -2.35. The van der Waals surface area contributed by atoms with E-state index in [1.54, 1.807) is 6.07 Å². The van der Waals surface area contributed by atoms with E-state index in [4.69, 9.17) is 9.59 Å². The van der Waals surface area contributed by atoms with Crippen molar-refractivity contribution >= 4 is 11.8 Å². The van der Waals surface area contributed by atoms with Crippen LogP contribution in [0.5, 0.6) is 0 Å². The lowest BCUT2D eigenvalue weighted by molar-refractivity contribution is -0.191. The van der Waals surface area contributed by atoms with E-state index in [0.29, 0.717) is 0 Å². The molecule has 2 aromatic rings. The number of anilines is 1. The van der Waals surface area contributed by atoms with E-state index in [1.807, 2.05) is 0 Å². The quantitative estimate of drug-likeness (QED) is 0.928. The van der Waals surface area contributed by atoms with Gasteiger partial charge in [-0.2, -0.15) is 14.7 Å². The van der Waals surface area contributed by atoms with Crippen LogP contribution in [0.15, 0.2) is 35.1 Å². The number of hydrogen-bond donors (Lipinski definition) is 1. The number of H-pyrrole nitrogens is 1. The molecule has 1 aliphatic rings. The molecule has 0 bridgehead atoms. The third-order valence-electron chi connectivity index (χ3n) is 4.61. The molecule has 1 saturated heterocycles. The summed E-state index contributed by atoms with van der Waals surface area (Å²) in [6.07, 6.45) is 4.14. The van der Waals surface area contributed by atoms with Crippen molar-refractivity contribution in [1.82, 2.24) is 10.2 Å². The van der Waals surface area contributed by atoms with Crippen LogP contribution < -0.4 is 10.5 Å². The van der Waals surface area contributed by atoms with Crippen LogP contribution in [-0.4, -0.2) is 29.4 Å². The molecule has 1 N–H and O–H groups in total. The molecule has 1 aliphatic heterocycles. The predicted octanol–water partition coefficient (Wildman–Crippen LogP) is 2.79. The van der Waals surface area contributed by atoms with Gasteiger partial charge < -0.3 is 4.90 Å². The number of aromatic nitrogens is 2. The molecule has 1 unspecified atom stereocenters. The van der Waals surface area contributed by atoms with Crippen LogP contribution in [0.2, 0.25) is 0 Å². The minimum Gasteiger partial charge on any atom is -0.371 e. The molecule has 0 saturated carbocycles. The molecular formula is C19H23N3O3. The Kier molecular flexibility index (Phi) is 6.66. The summed E-state index contributed by atoms with van der Waals surface area (Å²) in [5.74, 6) is 0.814. The van der Waals surface area contributed by atoms with Crippen LogP contribution in [0.4, 0.5) is 5.69 Å². The first-order chi connectivity index (χ1) is 12.1. The highest BCUT2D eigenvalue weighted by Gasteiger charge is 2.20. The molecule has 6 nitrogen and oxygen atoms in total. The van der Waals surface area contributed by atoms with E-state index in [0.717, 1.165) is 30.3 Å². The summed E-state index contributed by atoms with van der Waals surface area (Å²) in [6, 6.07) is 9.73. The monoisotopic (exact) mass is 341 g/mol. The average molecular weight is 341 g/mol. The molecule has 0 aliphatic carbocycles. The molecule has 0 spiro atoms. The summed E-state index contributed by atoms with van der Waals surface area (Å²) >= 11 is 0. The topological polar surface area (TPSA) is 83.1 Å². The highest BCUT2D eigenvalue weighted by Crippen LogP contribution is 2.30. The van der Waals surface area contributed by atoms with Gasteiger partial charge in [0, 0.05) is 30.4 Å². The maximum atomic E-state index is 11.1. The second-order valence-corrected chi connectivity index (χ2v) is 6.25. The van der Waals surface area contributed by atoms with E-state index in [-0.39, 0.29) is 11.7 Å². The molecule has 1 aromatic heterocycles. The van der Waals surface area contributed by atoms with E-state index in [1.165, 1.54) is 36.6 Å². The number of piperidine rings is 1. The molecule has 1 aromatic carbocycles. The van der Waals surface area contributed by atoms with Crippen LogP contribution in [-0.2, 0) is 9.59 Å². The number of aryl methyl sites for hydroxylation is 1. The minimum absolute atomic E-state index is 0.170. The molecule has 2 heterocycles. The maximum Gasteiger partial charge on any atom is 0.373 e. The Bertz CT molecular complexity index is 774. The van der Waals surface area contributed by atoms with Gasteiger partial charge in [0.25, 0.3) is 5.56 Å². The van der Waals surface area contributed by atoms with Crippen LogP contribution >= 0.6 is 0 Å². The lowest BCUT2D eigenvalue weighted by Gasteiger charge is -2.35. The normalized spacial score (nSPS) is 16.6. The Hall–Kier alpha value is -2.72. The van der Waals surface area contributed by atoms with Gasteiger partial charge in [-0.3, -0.25) is 4.79 Å². The van der Waals surface area contributed by atoms with Crippen molar-refractivity contribution in [2.45, 2.75) is 33.1 Å². The summed E-state index contributed by atoms with van der Waals surface area (Å²) in [5, 5.41) is 6.60. The first kappa shape index (κ1) is 18.6. The Morgan fingerprint density at radius 2 is 2.04 bits per heavy atom. The van der Waals surface area contributed by atoms with Crippen molar-refractivity contribution in [3.63, 3.8) is 0 Å². The number of hydrogen-bond acceptors (Lipinski definition) is 5. The van der Waals surface area contributed by atoms with Crippen LogP contribution in [0.1, 0.15) is 31.7 Å². The molecule has 0 amide bonds. The van der Waals surface area contributed by atoms with Crippen molar-refractivity contribution in [2.24, 2.45) is 5.92 Å². The van der Waals surface area contributed by atoms with Crippen LogP contribution in [0.3, 0.4) is 0 Å². The highest BCUT2D eigenvalue weighted by molar-refractivity contribution is 5.66. The van der Waals surface area contributed by atoms with E-state index in [9.17, 15) is 4.79 Å². The van der Waals surface area contributed by atoms with Gasteiger partial charge >= 0.3 is 6.15 Å². The van der Waals surface area contributed by atoms with Gasteiger partial charge in [0.2, 0.25) is 0 Å². The second kappa shape index (κ2) is 8.94. The first-order valence-electron chi connectivity index (χ1n) is 8.50. The van der Waals surface area contributed by atoms with Crippen molar-refractivity contribution in [2.75, 3.05) is 18.0 Å². The molecular weight excluding hydrogens is 318 g/mol. The van der Waals surface area contributed by atoms with Crippen LogP contribution in [0.25, 0.3) is 11.3 Å². The van der Waals surface area contributed by atoms with E-state index < -0.39 is 0 Å². The summed E-state index contributed by atoms with van der Waals surface area (Å²) in [4.78, 5) is 29.9. The van der Waals surface area contributed by atoms with Crippen molar-refractivity contribution in [1.29, 1.82) is 0 Å². The fourth-order valence-corrected chi connectivity index (χ4v) is 3.29. The number of rotatable bonds is 3. The second-order valence-electron chi connectivity index (χ2n) is 6.25. The van der Waals surface area contributed by atoms with Crippen LogP contribution in [0, 0.1) is 12.8 Å². The Balaban J connectivity index is 0.000000701. The van der Waals surface area contributed by atoms with Crippen molar-refractivity contribution in [3.05, 3.63) is 46.2 Å². The first-order valence-corrected chi connectivity index (χ1v) is 8.50. The molecule has 0 radical (unpaired) electrons. The smallest absolute Gasteiger partial charge is 0.371 e. The van der Waals surface area contributed by atoms with E-state index in [2.05, 4.69) is 47.1 Å². The summed E-state index contributed by atoms with van der Waals surface area (Å²) < 4.78 is 0. The molecule has 3 rings (SSSR count). The third-order valence-corrected chi connectivity index (χ3v) is 4.61. The van der Waals surface area contributed by atoms with Gasteiger partial charge in [0.05, 0.1) is 5.69 Å². The third kappa shape index (κ3) is 4.88. The number of nitrogens with zero attached hydrogens (tertiary/aromatic N) is 2. The van der Waals surface area contributed by atoms with Gasteiger partial charge in [0.15, 0.2) is 0 Å². The van der Waals surface area contributed by atoms with Crippen molar-refractivity contribution < 1.29 is 9.59 Å². The minimum atomic E-state index is -0.170. The standard InChI is InChI=1S/C18H23N3O.CO2/c1-3-14-5-4-10-21(12-14)17-8-6-15(11-13(17)2)16-7-9-18(22)20-19-16;2-1-3/h6-9,11,14H,3-5,10,12H2,1-2H3,(H,20,22);. The average Bonchev–Trinajstić information content (AvgIpc) is 2.63. The Labute approximate surface area is 146 Å². The predicted molar refractivity (Wildman–Crippen MR) is 95.3 cm³/mol. The maximum absolute atomic E-state index is 11.1. The fraction of sp³-hybridized carbons (Fsp3) is 0.421. The highest BCUT2D eigenvalue weighted by atomic mass is 16.2. The van der Waals surface area contributed by atoms with E-state index >= 15 is 0 Å². The van der Waals surface area contributed by atoms with Crippen molar-refractivity contribution in [3.8, 4) is 11.3 Å². The molecule has 132 valence electrons. The number of carbonyl (C=O) groups excluding carboxylic acids is 2. The largest absolute Gasteiger partial charge is 0.373 e. The lowest BCUT2D eigenvalue weighted by atomic mass is 9.94. The zero-order chi connectivity index (χ0) is 18.2. The fourth-order valence-electron chi connectivity index (χ4n) is 3.29. The van der Waals surface area contributed by atoms with Gasteiger partial charge in [-0.05, 0) is 49.4 Å². The zero-order valence-corrected chi connectivity index (χ0v) is 14.6. The number of benzene rings is 1. The SMILES string of the molecule is CCC1CCCN(c2ccc(-c3ccc(=O)[nH]n3)cc2C)C1.O=C=O. The van der Waals surface area contributed by atoms with Gasteiger partial charge in [0.1, 0.15) is 0 Å². The molecule has 1 atom stereocenters. The summed E-state index contributed by atoms with van der Waals surface area (Å²) in [6.45, 7) is 6.74. The number of aromatic amines is 1. The number of nitrogens with one attached hydrogen (secondary N) is 1. The molecule has 1 fully saturated rings. The zero-order valence-electron chi connectivity index (χ0n) is 14.6. The van der Waals surface area contributed by atoms with Gasteiger partial charge in [-0.1, -0.05) is 19.4 Å². The molecule has 25 heavy (non-hydrogen) atoms.